The van der Waals surface area contributed by atoms with Crippen molar-refractivity contribution in [1.29, 1.82) is 5.41 Å². The number of halogens is 1. The van der Waals surface area contributed by atoms with Crippen LogP contribution in [0.25, 0.3) is 0 Å². The highest BCUT2D eigenvalue weighted by Gasteiger charge is 2.17. The predicted octanol–water partition coefficient (Wildman–Crippen LogP) is 0.634. The molecule has 1 aromatic carbocycles. The molecule has 0 fully saturated rings. The number of sulfonamides is 1. The van der Waals surface area contributed by atoms with Crippen LogP contribution in [0, 0.1) is 11.2 Å². The van der Waals surface area contributed by atoms with Gasteiger partial charge >= 0.3 is 0 Å². The molecule has 0 spiro atoms. The molecule has 0 bridgehead atoms. The molecule has 1 heterocycles. The second kappa shape index (κ2) is 4.69. The SMILES string of the molecule is N=C(N)c1ccc(NS(=O)(=O)c2cn[nH]c2)c(F)c1. The van der Waals surface area contributed by atoms with Crippen LogP contribution in [-0.4, -0.2) is 24.5 Å². The molecule has 0 aliphatic heterocycles. The van der Waals surface area contributed by atoms with Crippen LogP contribution in [0.3, 0.4) is 0 Å². The first-order valence-electron chi connectivity index (χ1n) is 5.06. The summed E-state index contributed by atoms with van der Waals surface area (Å²) < 4.78 is 39.4. The summed E-state index contributed by atoms with van der Waals surface area (Å²) in [5, 5.41) is 13.0. The number of benzene rings is 1. The Hall–Kier alpha value is -2.42. The van der Waals surface area contributed by atoms with Crippen LogP contribution in [0.15, 0.2) is 35.5 Å². The van der Waals surface area contributed by atoms with Crippen LogP contribution in [0.4, 0.5) is 10.1 Å². The quantitative estimate of drug-likeness (QED) is 0.485. The Morgan fingerprint density at radius 1 is 1.47 bits per heavy atom. The summed E-state index contributed by atoms with van der Waals surface area (Å²) in [6.07, 6.45) is 2.27. The molecule has 0 amide bonds. The van der Waals surface area contributed by atoms with Crippen molar-refractivity contribution >= 4 is 21.5 Å². The lowest BCUT2D eigenvalue weighted by molar-refractivity contribution is 0.598. The molecule has 0 saturated heterocycles. The zero-order valence-corrected chi connectivity index (χ0v) is 10.3. The molecule has 2 rings (SSSR count). The molecule has 5 N–H and O–H groups in total. The van der Waals surface area contributed by atoms with Crippen molar-refractivity contribution in [3.8, 4) is 0 Å². The zero-order chi connectivity index (χ0) is 14.0. The van der Waals surface area contributed by atoms with E-state index >= 15 is 0 Å². The van der Waals surface area contributed by atoms with Gasteiger partial charge in [0.15, 0.2) is 0 Å². The van der Waals surface area contributed by atoms with Crippen LogP contribution >= 0.6 is 0 Å². The number of hydrogen-bond acceptors (Lipinski definition) is 4. The summed E-state index contributed by atoms with van der Waals surface area (Å²) in [4.78, 5) is -0.109. The molecule has 9 heteroatoms. The second-order valence-corrected chi connectivity index (χ2v) is 5.33. The maximum absolute atomic E-state index is 13.7. The van der Waals surface area contributed by atoms with Crippen molar-refractivity contribution in [2.24, 2.45) is 5.73 Å². The highest BCUT2D eigenvalue weighted by atomic mass is 32.2. The van der Waals surface area contributed by atoms with E-state index in [1.165, 1.54) is 18.3 Å². The molecule has 0 aliphatic carbocycles. The van der Waals surface area contributed by atoms with Crippen molar-refractivity contribution in [3.63, 3.8) is 0 Å². The topological polar surface area (TPSA) is 125 Å². The van der Waals surface area contributed by atoms with Crippen molar-refractivity contribution in [2.75, 3.05) is 4.72 Å². The number of hydrogen-bond donors (Lipinski definition) is 4. The van der Waals surface area contributed by atoms with Crippen molar-refractivity contribution in [2.45, 2.75) is 4.90 Å². The number of anilines is 1. The van der Waals surface area contributed by atoms with Gasteiger partial charge in [0.1, 0.15) is 16.5 Å². The van der Waals surface area contributed by atoms with Gasteiger partial charge in [-0.1, -0.05) is 0 Å². The lowest BCUT2D eigenvalue weighted by Crippen LogP contribution is -2.15. The van der Waals surface area contributed by atoms with Gasteiger partial charge in [-0.2, -0.15) is 5.10 Å². The van der Waals surface area contributed by atoms with Crippen molar-refractivity contribution in [1.82, 2.24) is 10.2 Å². The minimum atomic E-state index is -3.89. The molecule has 0 atom stereocenters. The van der Waals surface area contributed by atoms with Gasteiger partial charge in [-0.3, -0.25) is 15.2 Å². The van der Waals surface area contributed by atoms with Crippen LogP contribution < -0.4 is 10.5 Å². The fourth-order valence-corrected chi connectivity index (χ4v) is 2.33. The van der Waals surface area contributed by atoms with Crippen molar-refractivity contribution < 1.29 is 12.8 Å². The predicted molar refractivity (Wildman–Crippen MR) is 66.8 cm³/mol. The number of nitrogens with zero attached hydrogens (tertiary/aromatic N) is 1. The second-order valence-electron chi connectivity index (χ2n) is 3.65. The number of H-pyrrole nitrogens is 1. The normalized spacial score (nSPS) is 11.2. The van der Waals surface area contributed by atoms with E-state index in [4.69, 9.17) is 11.1 Å². The number of nitrogens with two attached hydrogens (primary N) is 1. The van der Waals surface area contributed by atoms with E-state index in [0.29, 0.717) is 0 Å². The fourth-order valence-electron chi connectivity index (χ4n) is 1.36. The Morgan fingerprint density at radius 2 is 2.21 bits per heavy atom. The van der Waals surface area contributed by atoms with E-state index in [2.05, 4.69) is 14.9 Å². The van der Waals surface area contributed by atoms with Gasteiger partial charge in [-0.15, -0.1) is 0 Å². The highest BCUT2D eigenvalue weighted by molar-refractivity contribution is 7.92. The number of aromatic amines is 1. The third kappa shape index (κ3) is 2.71. The van der Waals surface area contributed by atoms with Gasteiger partial charge in [-0.05, 0) is 18.2 Å². The molecule has 19 heavy (non-hydrogen) atoms. The van der Waals surface area contributed by atoms with Crippen LogP contribution in [0.5, 0.6) is 0 Å². The van der Waals surface area contributed by atoms with Crippen LogP contribution in [0.1, 0.15) is 5.56 Å². The van der Waals surface area contributed by atoms with Gasteiger partial charge in [0, 0.05) is 11.8 Å². The third-order valence-corrected chi connectivity index (χ3v) is 3.64. The number of aromatic nitrogens is 2. The average molecular weight is 283 g/mol. The van der Waals surface area contributed by atoms with Gasteiger partial charge in [-0.25, -0.2) is 12.8 Å². The van der Waals surface area contributed by atoms with E-state index < -0.39 is 15.8 Å². The fraction of sp³-hybridized carbons (Fsp3) is 0. The lowest BCUT2D eigenvalue weighted by atomic mass is 10.2. The summed E-state index contributed by atoms with van der Waals surface area (Å²) >= 11 is 0. The van der Waals surface area contributed by atoms with E-state index in [1.807, 2.05) is 0 Å². The smallest absolute Gasteiger partial charge is 0.265 e. The van der Waals surface area contributed by atoms with Gasteiger partial charge in [0.2, 0.25) is 0 Å². The molecule has 0 aliphatic rings. The minimum Gasteiger partial charge on any atom is -0.384 e. The Balaban J connectivity index is 2.32. The standard InChI is InChI=1S/C10H10FN5O2S/c11-8-3-6(10(12)13)1-2-9(8)16-19(17,18)7-4-14-15-5-7/h1-5,16H,(H3,12,13)(H,14,15). The molecular formula is C10H10FN5O2S. The van der Waals surface area contributed by atoms with Gasteiger partial charge in [0.05, 0.1) is 11.9 Å². The number of nitrogen functional groups attached to an aromatic ring is 1. The maximum Gasteiger partial charge on any atom is 0.265 e. The molecule has 0 saturated carbocycles. The molecule has 100 valence electrons. The number of amidine groups is 1. The van der Waals surface area contributed by atoms with Crippen LogP contribution in [-0.2, 0) is 10.0 Å². The van der Waals surface area contributed by atoms with E-state index in [0.717, 1.165) is 12.3 Å². The Morgan fingerprint density at radius 3 is 2.74 bits per heavy atom. The summed E-state index contributed by atoms with van der Waals surface area (Å²) in [7, 11) is -3.89. The van der Waals surface area contributed by atoms with Gasteiger partial charge in [0.25, 0.3) is 10.0 Å². The minimum absolute atomic E-state index is 0.109. The van der Waals surface area contributed by atoms with E-state index in [1.54, 1.807) is 0 Å². The first kappa shape index (κ1) is 13.0. The largest absolute Gasteiger partial charge is 0.384 e. The summed E-state index contributed by atoms with van der Waals surface area (Å²) in [6.45, 7) is 0. The third-order valence-electron chi connectivity index (χ3n) is 2.31. The van der Waals surface area contributed by atoms with E-state index in [9.17, 15) is 12.8 Å². The summed E-state index contributed by atoms with van der Waals surface area (Å²) in [5.41, 5.74) is 5.14. The van der Waals surface area contributed by atoms with Crippen molar-refractivity contribution in [3.05, 3.63) is 42.0 Å². The Labute approximate surface area is 108 Å². The summed E-state index contributed by atoms with van der Waals surface area (Å²) in [5.74, 6) is -1.12. The number of nitrogens with one attached hydrogen (secondary N) is 3. The summed E-state index contributed by atoms with van der Waals surface area (Å²) in [6, 6.07) is 3.53. The molecule has 0 radical (unpaired) electrons. The zero-order valence-electron chi connectivity index (χ0n) is 9.51. The molecule has 2 aromatic rings. The number of rotatable bonds is 4. The first-order valence-corrected chi connectivity index (χ1v) is 6.54. The lowest BCUT2D eigenvalue weighted by Gasteiger charge is -2.08. The van der Waals surface area contributed by atoms with Gasteiger partial charge < -0.3 is 5.73 Å². The van der Waals surface area contributed by atoms with E-state index in [-0.39, 0.29) is 22.0 Å². The first-order chi connectivity index (χ1) is 8.90. The molecule has 1 aromatic heterocycles. The Bertz CT molecular complexity index is 712. The molecule has 0 unspecified atom stereocenters. The average Bonchev–Trinajstić information content (AvgIpc) is 2.85. The Kier molecular flexibility index (Phi) is 3.21. The molecule has 7 nitrogen and oxygen atoms in total. The highest BCUT2D eigenvalue weighted by Crippen LogP contribution is 2.19. The molecular weight excluding hydrogens is 273 g/mol. The monoisotopic (exact) mass is 283 g/mol. The van der Waals surface area contributed by atoms with Crippen LogP contribution in [0.2, 0.25) is 0 Å². The maximum atomic E-state index is 13.7.